The van der Waals surface area contributed by atoms with E-state index in [2.05, 4.69) is 16.9 Å². The van der Waals surface area contributed by atoms with Crippen LogP contribution in [0.3, 0.4) is 0 Å². The summed E-state index contributed by atoms with van der Waals surface area (Å²) in [6.45, 7) is 1.84. The molecular formula is C24H25FN2O3. The number of hydrogen-bond donors (Lipinski definition) is 1. The van der Waals surface area contributed by atoms with Gasteiger partial charge in [-0.1, -0.05) is 56.5 Å². The molecule has 1 N–H and O–H groups in total. The molecule has 30 heavy (non-hydrogen) atoms. The number of unbranched alkanes of at least 4 members (excludes halogenated alkanes) is 2. The van der Waals surface area contributed by atoms with E-state index in [4.69, 9.17) is 4.74 Å². The van der Waals surface area contributed by atoms with Crippen LogP contribution in [0, 0.1) is 0 Å². The summed E-state index contributed by atoms with van der Waals surface area (Å²) in [5.74, 6) is 0.113. The van der Waals surface area contributed by atoms with E-state index in [1.54, 1.807) is 54.9 Å². The molecule has 156 valence electrons. The molecule has 5 nitrogen and oxygen atoms in total. The molecule has 0 spiro atoms. The fraction of sp³-hybridized carbons (Fsp3) is 0.292. The lowest BCUT2D eigenvalue weighted by Gasteiger charge is -2.09. The summed E-state index contributed by atoms with van der Waals surface area (Å²) in [7, 11) is 0. The lowest BCUT2D eigenvalue weighted by molar-refractivity contribution is 0.0389. The number of esters is 1. The lowest BCUT2D eigenvalue weighted by atomic mass is 10.1. The maximum Gasteiger partial charge on any atom is 0.338 e. The summed E-state index contributed by atoms with van der Waals surface area (Å²) in [5.41, 5.74) is 2.45. The van der Waals surface area contributed by atoms with E-state index in [0.29, 0.717) is 28.9 Å². The van der Waals surface area contributed by atoms with E-state index in [-0.39, 0.29) is 12.4 Å². The maximum absolute atomic E-state index is 13.8. The standard InChI is InChI=1S/C24H25FN2O3/c1-2-3-4-7-20(25)16-30-24(29)18-12-10-17(11-13-18)23-26-14-19(15-27-23)21-8-5-6-9-22(21)28/h5-6,8-15,20,28H,2-4,7,16H2,1H3. The van der Waals surface area contributed by atoms with Crippen LogP contribution in [0.15, 0.2) is 60.9 Å². The summed E-state index contributed by atoms with van der Waals surface area (Å²) < 4.78 is 18.8. The Kier molecular flexibility index (Phi) is 7.49. The highest BCUT2D eigenvalue weighted by atomic mass is 19.1. The Morgan fingerprint density at radius 1 is 1.03 bits per heavy atom. The Balaban J connectivity index is 1.60. The second-order valence-corrected chi connectivity index (χ2v) is 7.08. The van der Waals surface area contributed by atoms with Crippen molar-refractivity contribution in [2.75, 3.05) is 6.61 Å². The van der Waals surface area contributed by atoms with Crippen molar-refractivity contribution in [3.8, 4) is 28.3 Å². The van der Waals surface area contributed by atoms with Crippen molar-refractivity contribution in [3.05, 3.63) is 66.5 Å². The summed E-state index contributed by atoms with van der Waals surface area (Å²) in [6, 6.07) is 13.7. The number of nitrogens with zero attached hydrogens (tertiary/aromatic N) is 2. The highest BCUT2D eigenvalue weighted by Gasteiger charge is 2.13. The minimum Gasteiger partial charge on any atom is -0.507 e. The zero-order chi connectivity index (χ0) is 21.3. The Bertz CT molecular complexity index is 959. The number of carbonyl (C=O) groups is 1. The van der Waals surface area contributed by atoms with Crippen LogP contribution in [-0.2, 0) is 4.74 Å². The number of phenolic OH excluding ortho intramolecular Hbond substituents is 1. The molecule has 0 saturated heterocycles. The number of para-hydroxylation sites is 1. The molecule has 1 atom stereocenters. The normalized spacial score (nSPS) is 11.8. The van der Waals surface area contributed by atoms with E-state index in [9.17, 15) is 14.3 Å². The average molecular weight is 408 g/mol. The van der Waals surface area contributed by atoms with Gasteiger partial charge in [0, 0.05) is 29.1 Å². The second kappa shape index (κ2) is 10.5. The molecule has 3 aromatic rings. The topological polar surface area (TPSA) is 72.3 Å². The molecule has 1 aromatic heterocycles. The molecule has 0 saturated carbocycles. The van der Waals surface area contributed by atoms with Crippen LogP contribution in [0.4, 0.5) is 4.39 Å². The van der Waals surface area contributed by atoms with Crippen molar-refractivity contribution in [2.24, 2.45) is 0 Å². The molecule has 0 radical (unpaired) electrons. The van der Waals surface area contributed by atoms with Gasteiger partial charge in [0.2, 0.25) is 0 Å². The van der Waals surface area contributed by atoms with Gasteiger partial charge in [0.05, 0.1) is 5.56 Å². The number of phenols is 1. The van der Waals surface area contributed by atoms with Crippen LogP contribution in [0.1, 0.15) is 43.0 Å². The van der Waals surface area contributed by atoms with E-state index < -0.39 is 12.1 Å². The summed E-state index contributed by atoms with van der Waals surface area (Å²) >= 11 is 0. The first-order valence-electron chi connectivity index (χ1n) is 10.1. The minimum atomic E-state index is -1.13. The Morgan fingerprint density at radius 3 is 2.40 bits per heavy atom. The molecule has 0 aliphatic rings. The van der Waals surface area contributed by atoms with Crippen molar-refractivity contribution in [1.82, 2.24) is 9.97 Å². The first kappa shape index (κ1) is 21.4. The fourth-order valence-corrected chi connectivity index (χ4v) is 3.04. The maximum atomic E-state index is 13.8. The van der Waals surface area contributed by atoms with Gasteiger partial charge in [0.1, 0.15) is 18.5 Å². The zero-order valence-corrected chi connectivity index (χ0v) is 16.9. The molecule has 0 fully saturated rings. The van der Waals surface area contributed by atoms with Crippen LogP contribution >= 0.6 is 0 Å². The SMILES string of the molecule is CCCCCC(F)COC(=O)c1ccc(-c2ncc(-c3ccccc3O)cn2)cc1. The number of aromatic nitrogens is 2. The quantitative estimate of drug-likeness (QED) is 0.369. The minimum absolute atomic E-state index is 0.164. The summed E-state index contributed by atoms with van der Waals surface area (Å²) in [5, 5.41) is 9.94. The van der Waals surface area contributed by atoms with Crippen molar-refractivity contribution in [2.45, 2.75) is 38.8 Å². The van der Waals surface area contributed by atoms with Gasteiger partial charge in [-0.25, -0.2) is 19.2 Å². The number of hydrogen-bond acceptors (Lipinski definition) is 5. The van der Waals surface area contributed by atoms with Crippen LogP contribution in [0.2, 0.25) is 0 Å². The zero-order valence-electron chi connectivity index (χ0n) is 16.9. The van der Waals surface area contributed by atoms with Crippen molar-refractivity contribution in [1.29, 1.82) is 0 Å². The highest BCUT2D eigenvalue weighted by Crippen LogP contribution is 2.28. The number of ether oxygens (including phenoxy) is 1. The number of benzene rings is 2. The third kappa shape index (κ3) is 5.63. The number of alkyl halides is 1. The monoisotopic (exact) mass is 408 g/mol. The predicted molar refractivity (Wildman–Crippen MR) is 114 cm³/mol. The van der Waals surface area contributed by atoms with Crippen LogP contribution < -0.4 is 0 Å². The first-order valence-corrected chi connectivity index (χ1v) is 10.1. The lowest BCUT2D eigenvalue weighted by Crippen LogP contribution is -2.15. The van der Waals surface area contributed by atoms with E-state index in [1.165, 1.54) is 0 Å². The fourth-order valence-electron chi connectivity index (χ4n) is 3.04. The molecule has 1 heterocycles. The van der Waals surface area contributed by atoms with Crippen LogP contribution in [0.25, 0.3) is 22.5 Å². The first-order chi connectivity index (χ1) is 14.6. The van der Waals surface area contributed by atoms with Gasteiger partial charge in [-0.2, -0.15) is 0 Å². The summed E-state index contributed by atoms with van der Waals surface area (Å²) in [4.78, 5) is 20.8. The van der Waals surface area contributed by atoms with E-state index >= 15 is 0 Å². The molecule has 0 amide bonds. The predicted octanol–water partition coefficient (Wildman–Crippen LogP) is 5.59. The largest absolute Gasteiger partial charge is 0.507 e. The molecule has 2 aromatic carbocycles. The van der Waals surface area contributed by atoms with E-state index in [0.717, 1.165) is 24.8 Å². The summed E-state index contributed by atoms with van der Waals surface area (Å²) in [6.07, 6.45) is 5.36. The van der Waals surface area contributed by atoms with Crippen molar-refractivity contribution < 1.29 is 19.0 Å². The second-order valence-electron chi connectivity index (χ2n) is 7.08. The Morgan fingerprint density at radius 2 is 1.73 bits per heavy atom. The van der Waals surface area contributed by atoms with E-state index in [1.807, 2.05) is 6.07 Å². The number of rotatable bonds is 9. The smallest absolute Gasteiger partial charge is 0.338 e. The highest BCUT2D eigenvalue weighted by molar-refractivity contribution is 5.90. The molecule has 0 bridgehead atoms. The number of carbonyl (C=O) groups excluding carboxylic acids is 1. The van der Waals surface area contributed by atoms with Gasteiger partial charge in [-0.05, 0) is 24.6 Å². The van der Waals surface area contributed by atoms with Gasteiger partial charge < -0.3 is 9.84 Å². The van der Waals surface area contributed by atoms with Gasteiger partial charge in [0.25, 0.3) is 0 Å². The number of halogens is 1. The van der Waals surface area contributed by atoms with Gasteiger partial charge >= 0.3 is 5.97 Å². The Hall–Kier alpha value is -3.28. The molecule has 0 aliphatic heterocycles. The van der Waals surface area contributed by atoms with Gasteiger partial charge in [-0.15, -0.1) is 0 Å². The molecule has 6 heteroatoms. The average Bonchev–Trinajstić information content (AvgIpc) is 2.78. The number of aromatic hydroxyl groups is 1. The molecule has 3 rings (SSSR count). The van der Waals surface area contributed by atoms with Gasteiger partial charge in [0.15, 0.2) is 5.82 Å². The van der Waals surface area contributed by atoms with Gasteiger partial charge in [-0.3, -0.25) is 0 Å². The van der Waals surface area contributed by atoms with Crippen molar-refractivity contribution in [3.63, 3.8) is 0 Å². The molecular weight excluding hydrogens is 383 g/mol. The Labute approximate surface area is 175 Å². The molecule has 0 aliphatic carbocycles. The third-order valence-electron chi connectivity index (χ3n) is 4.76. The third-order valence-corrected chi connectivity index (χ3v) is 4.76. The van der Waals surface area contributed by atoms with Crippen LogP contribution in [-0.4, -0.2) is 33.8 Å². The molecule has 1 unspecified atom stereocenters. The van der Waals surface area contributed by atoms with Crippen LogP contribution in [0.5, 0.6) is 5.75 Å². The van der Waals surface area contributed by atoms with Crippen molar-refractivity contribution >= 4 is 5.97 Å².